The molecule has 136 valence electrons. The maximum absolute atomic E-state index is 12.3. The number of piperazine rings is 1. The summed E-state index contributed by atoms with van der Waals surface area (Å²) < 4.78 is 27.6. The highest BCUT2D eigenvalue weighted by Crippen LogP contribution is 2.21. The minimum atomic E-state index is -3.43. The van der Waals surface area contributed by atoms with E-state index in [4.69, 9.17) is 0 Å². The van der Waals surface area contributed by atoms with Crippen molar-refractivity contribution in [2.45, 2.75) is 24.0 Å². The number of hydrogen-bond donors (Lipinski definition) is 3. The van der Waals surface area contributed by atoms with E-state index in [9.17, 15) is 13.2 Å². The highest BCUT2D eigenvalue weighted by molar-refractivity contribution is 7.91. The molecular formula is C15H26N4O3S2. The van der Waals surface area contributed by atoms with Gasteiger partial charge in [-0.1, -0.05) is 0 Å². The Bertz CT molecular complexity index is 624. The Morgan fingerprint density at radius 2 is 2.04 bits per heavy atom. The first-order valence-electron chi connectivity index (χ1n) is 8.23. The molecule has 0 spiro atoms. The zero-order chi connectivity index (χ0) is 17.4. The van der Waals surface area contributed by atoms with Gasteiger partial charge in [0.05, 0.1) is 0 Å². The molecule has 0 unspecified atom stereocenters. The summed E-state index contributed by atoms with van der Waals surface area (Å²) in [4.78, 5) is 14.1. The first kappa shape index (κ1) is 19.3. The summed E-state index contributed by atoms with van der Waals surface area (Å²) in [6.07, 6.45) is 1.45. The molecule has 1 aromatic heterocycles. The Hall–Kier alpha value is -1.00. The van der Waals surface area contributed by atoms with E-state index in [2.05, 4.69) is 20.3 Å². The highest BCUT2D eigenvalue weighted by Gasteiger charge is 2.16. The molecule has 0 radical (unpaired) electrons. The van der Waals surface area contributed by atoms with E-state index < -0.39 is 10.0 Å². The maximum Gasteiger partial charge on any atom is 0.250 e. The molecule has 1 amide bonds. The number of hydrogen-bond acceptors (Lipinski definition) is 6. The van der Waals surface area contributed by atoms with Crippen molar-refractivity contribution in [3.63, 3.8) is 0 Å². The van der Waals surface area contributed by atoms with Crippen molar-refractivity contribution in [1.29, 1.82) is 0 Å². The molecule has 3 N–H and O–H groups in total. The van der Waals surface area contributed by atoms with Crippen molar-refractivity contribution in [1.82, 2.24) is 20.3 Å². The van der Waals surface area contributed by atoms with Crippen LogP contribution in [0.1, 0.15) is 18.2 Å². The smallest absolute Gasteiger partial charge is 0.250 e. The molecule has 2 heterocycles. The molecule has 2 rings (SSSR count). The van der Waals surface area contributed by atoms with Crippen LogP contribution < -0.4 is 15.4 Å². The third kappa shape index (κ3) is 6.48. The Kier molecular flexibility index (Phi) is 7.63. The van der Waals surface area contributed by atoms with Crippen molar-refractivity contribution >= 4 is 27.3 Å². The second-order valence-corrected chi connectivity index (χ2v) is 8.96. The number of thiophene rings is 1. The number of rotatable bonds is 9. The van der Waals surface area contributed by atoms with Gasteiger partial charge in [-0.15, -0.1) is 11.3 Å². The van der Waals surface area contributed by atoms with E-state index in [1.807, 2.05) is 6.07 Å². The van der Waals surface area contributed by atoms with Crippen LogP contribution in [0.25, 0.3) is 0 Å². The van der Waals surface area contributed by atoms with Gasteiger partial charge < -0.3 is 15.5 Å². The predicted molar refractivity (Wildman–Crippen MR) is 95.8 cm³/mol. The quantitative estimate of drug-likeness (QED) is 0.530. The first-order valence-corrected chi connectivity index (χ1v) is 10.5. The van der Waals surface area contributed by atoms with Gasteiger partial charge in [-0.3, -0.25) is 4.79 Å². The lowest BCUT2D eigenvalue weighted by atomic mass is 10.3. The monoisotopic (exact) mass is 374 g/mol. The number of nitrogens with one attached hydrogen (secondary N) is 3. The third-order valence-electron chi connectivity index (χ3n) is 3.80. The van der Waals surface area contributed by atoms with Crippen LogP contribution >= 0.6 is 11.3 Å². The molecular weight excluding hydrogens is 348 g/mol. The average Bonchev–Trinajstić information content (AvgIpc) is 3.02. The largest absolute Gasteiger partial charge is 0.356 e. The molecule has 9 heteroatoms. The van der Waals surface area contributed by atoms with Gasteiger partial charge in [0.2, 0.25) is 15.9 Å². The zero-order valence-electron chi connectivity index (χ0n) is 14.0. The lowest BCUT2D eigenvalue weighted by Crippen LogP contribution is -2.44. The summed E-state index contributed by atoms with van der Waals surface area (Å²) >= 11 is 1.26. The van der Waals surface area contributed by atoms with E-state index in [0.29, 0.717) is 23.7 Å². The van der Waals surface area contributed by atoms with Crippen LogP contribution in [0.2, 0.25) is 0 Å². The Labute approximate surface area is 147 Å². The lowest BCUT2D eigenvalue weighted by Gasteiger charge is -2.26. The summed E-state index contributed by atoms with van der Waals surface area (Å²) in [5, 5.41) is 6.01. The van der Waals surface area contributed by atoms with E-state index >= 15 is 0 Å². The minimum Gasteiger partial charge on any atom is -0.356 e. The molecule has 7 nitrogen and oxygen atoms in total. The summed E-state index contributed by atoms with van der Waals surface area (Å²) in [5.74, 6) is -0.0782. The Morgan fingerprint density at radius 3 is 2.75 bits per heavy atom. The number of sulfonamides is 1. The summed E-state index contributed by atoms with van der Waals surface area (Å²) in [7, 11) is -3.43. The Balaban J connectivity index is 1.73. The van der Waals surface area contributed by atoms with Gasteiger partial charge in [0.15, 0.2) is 0 Å². The van der Waals surface area contributed by atoms with Gasteiger partial charge in [0.1, 0.15) is 4.21 Å². The lowest BCUT2D eigenvalue weighted by molar-refractivity contribution is -0.118. The zero-order valence-corrected chi connectivity index (χ0v) is 15.6. The van der Waals surface area contributed by atoms with Gasteiger partial charge in [-0.25, -0.2) is 13.1 Å². The number of carbonyl (C=O) groups is 1. The fourth-order valence-corrected chi connectivity index (χ4v) is 4.99. The molecule has 0 aromatic carbocycles. The van der Waals surface area contributed by atoms with E-state index in [1.54, 1.807) is 6.07 Å². The van der Waals surface area contributed by atoms with Gasteiger partial charge >= 0.3 is 0 Å². The maximum atomic E-state index is 12.3. The molecule has 0 bridgehead atoms. The third-order valence-corrected chi connectivity index (χ3v) is 6.90. The molecule has 1 saturated heterocycles. The van der Waals surface area contributed by atoms with E-state index in [0.717, 1.165) is 44.0 Å². The van der Waals surface area contributed by atoms with Crippen molar-refractivity contribution < 1.29 is 13.2 Å². The average molecular weight is 375 g/mol. The summed E-state index contributed by atoms with van der Waals surface area (Å²) in [6, 6.07) is 3.44. The van der Waals surface area contributed by atoms with Crippen molar-refractivity contribution in [3.8, 4) is 0 Å². The van der Waals surface area contributed by atoms with Crippen LogP contribution in [0, 0.1) is 0 Å². The number of carbonyl (C=O) groups excluding carboxylic acids is 1. The SMILES string of the molecule is CC(=O)NCCc1ccc(S(=O)(=O)NCCCN2CCNCC2)s1. The second-order valence-electron chi connectivity index (χ2n) is 5.80. The normalized spacial score (nSPS) is 16.2. The van der Waals surface area contributed by atoms with Crippen LogP contribution in [-0.4, -0.2) is 65.0 Å². The van der Waals surface area contributed by atoms with Crippen molar-refractivity contribution in [2.75, 3.05) is 45.8 Å². The summed E-state index contributed by atoms with van der Waals surface area (Å²) in [6.45, 7) is 7.40. The molecule has 0 aliphatic carbocycles. The predicted octanol–water partition coefficient (Wildman–Crippen LogP) is 0.000300. The molecule has 1 aliphatic rings. The highest BCUT2D eigenvalue weighted by atomic mass is 32.2. The fraction of sp³-hybridized carbons (Fsp3) is 0.667. The van der Waals surface area contributed by atoms with Gasteiger partial charge in [0, 0.05) is 51.1 Å². The number of nitrogens with zero attached hydrogens (tertiary/aromatic N) is 1. The molecule has 24 heavy (non-hydrogen) atoms. The van der Waals surface area contributed by atoms with Crippen LogP contribution in [0.15, 0.2) is 16.3 Å². The van der Waals surface area contributed by atoms with Gasteiger partial charge in [-0.2, -0.15) is 0 Å². The molecule has 1 fully saturated rings. The van der Waals surface area contributed by atoms with Gasteiger partial charge in [0.25, 0.3) is 0 Å². The fourth-order valence-electron chi connectivity index (χ4n) is 2.51. The molecule has 1 aliphatic heterocycles. The molecule has 0 saturated carbocycles. The minimum absolute atomic E-state index is 0.0782. The van der Waals surface area contributed by atoms with Crippen molar-refractivity contribution in [2.24, 2.45) is 0 Å². The van der Waals surface area contributed by atoms with Crippen LogP contribution in [0.5, 0.6) is 0 Å². The molecule has 1 aromatic rings. The second kappa shape index (κ2) is 9.47. The van der Waals surface area contributed by atoms with Crippen molar-refractivity contribution in [3.05, 3.63) is 17.0 Å². The van der Waals surface area contributed by atoms with Crippen LogP contribution in [0.3, 0.4) is 0 Å². The standard InChI is InChI=1S/C15H26N4O3S2/c1-13(20)17-7-5-14-3-4-15(23-14)24(21,22)18-6-2-10-19-11-8-16-9-12-19/h3-4,16,18H,2,5-12H2,1H3,(H,17,20). The first-order chi connectivity index (χ1) is 11.5. The van der Waals surface area contributed by atoms with Crippen LogP contribution in [0.4, 0.5) is 0 Å². The topological polar surface area (TPSA) is 90.5 Å². The van der Waals surface area contributed by atoms with E-state index in [1.165, 1.54) is 18.3 Å². The summed E-state index contributed by atoms with van der Waals surface area (Å²) in [5.41, 5.74) is 0. The Morgan fingerprint density at radius 1 is 1.29 bits per heavy atom. The van der Waals surface area contributed by atoms with E-state index in [-0.39, 0.29) is 5.91 Å². The van der Waals surface area contributed by atoms with Crippen LogP contribution in [-0.2, 0) is 21.2 Å². The molecule has 0 atom stereocenters. The number of amides is 1. The van der Waals surface area contributed by atoms with Gasteiger partial charge in [-0.05, 0) is 31.5 Å².